The number of fused-ring (bicyclic) bond motifs is 1. The fourth-order valence-corrected chi connectivity index (χ4v) is 4.68. The van der Waals surface area contributed by atoms with Crippen LogP contribution in [-0.4, -0.2) is 46.6 Å². The number of alkyl halides is 1. The predicted molar refractivity (Wildman–Crippen MR) is 143 cm³/mol. The summed E-state index contributed by atoms with van der Waals surface area (Å²) in [4.78, 5) is 24.0. The molecule has 1 aromatic carbocycles. The van der Waals surface area contributed by atoms with Crippen LogP contribution in [0.2, 0.25) is 0 Å². The van der Waals surface area contributed by atoms with Crippen molar-refractivity contribution in [2.45, 2.75) is 26.2 Å². The standard InChI is InChI=1S/C27H29FN5O2P/c1-17-10-18(2)23(31-26(34)19-11-21(15-29-14-19)27(3,28)36)13-22(17)20-12-24(32-6-8-35-9-7-32)25-30-4-5-33(25)16-20/h4-5,10-16H,6-9,36H2,1-3H3,(H,31,34). The Bertz CT molecular complexity index is 1440. The summed E-state index contributed by atoms with van der Waals surface area (Å²) in [5.41, 5.74) is 7.34. The Labute approximate surface area is 211 Å². The van der Waals surface area contributed by atoms with Gasteiger partial charge in [0.2, 0.25) is 0 Å². The summed E-state index contributed by atoms with van der Waals surface area (Å²) in [5, 5.41) is 1.33. The molecule has 1 N–H and O–H groups in total. The minimum absolute atomic E-state index is 0.301. The number of carbonyl (C=O) groups excluding carboxylic acids is 1. The maximum atomic E-state index is 14.4. The second-order valence-corrected chi connectivity index (χ2v) is 10.4. The highest BCUT2D eigenvalue weighted by Gasteiger charge is 2.22. The van der Waals surface area contributed by atoms with Crippen LogP contribution >= 0.6 is 9.24 Å². The number of carbonyl (C=O) groups is 1. The molecule has 186 valence electrons. The molecular weight excluding hydrogens is 476 g/mol. The van der Waals surface area contributed by atoms with Gasteiger partial charge in [0.05, 0.1) is 24.5 Å². The van der Waals surface area contributed by atoms with Gasteiger partial charge in [-0.2, -0.15) is 0 Å². The Morgan fingerprint density at radius 2 is 1.92 bits per heavy atom. The normalized spacial score (nSPS) is 15.6. The maximum Gasteiger partial charge on any atom is 0.257 e. The molecule has 36 heavy (non-hydrogen) atoms. The molecule has 1 amide bonds. The number of nitrogens with one attached hydrogen (secondary N) is 1. The molecule has 7 nitrogen and oxygen atoms in total. The third-order valence-electron chi connectivity index (χ3n) is 6.52. The summed E-state index contributed by atoms with van der Waals surface area (Å²) >= 11 is 0. The number of anilines is 2. The van der Waals surface area contributed by atoms with Crippen LogP contribution in [0.5, 0.6) is 0 Å². The molecule has 0 spiro atoms. The molecule has 4 aromatic rings. The lowest BCUT2D eigenvalue weighted by Gasteiger charge is -2.29. The minimum atomic E-state index is -1.67. The van der Waals surface area contributed by atoms with E-state index in [2.05, 4.69) is 54.7 Å². The second kappa shape index (κ2) is 9.60. The van der Waals surface area contributed by atoms with E-state index < -0.39 is 5.41 Å². The van der Waals surface area contributed by atoms with Crippen LogP contribution in [0.4, 0.5) is 15.8 Å². The van der Waals surface area contributed by atoms with Crippen molar-refractivity contribution in [3.63, 3.8) is 0 Å². The van der Waals surface area contributed by atoms with Crippen LogP contribution in [0.1, 0.15) is 34.0 Å². The zero-order chi connectivity index (χ0) is 25.4. The van der Waals surface area contributed by atoms with Gasteiger partial charge in [-0.3, -0.25) is 9.78 Å². The number of nitrogens with zero attached hydrogens (tertiary/aromatic N) is 4. The quantitative estimate of drug-likeness (QED) is 0.381. The van der Waals surface area contributed by atoms with Crippen molar-refractivity contribution in [3.05, 3.63) is 77.5 Å². The zero-order valence-corrected chi connectivity index (χ0v) is 21.7. The van der Waals surface area contributed by atoms with Crippen molar-refractivity contribution in [2.24, 2.45) is 0 Å². The summed E-state index contributed by atoms with van der Waals surface area (Å²) in [6, 6.07) is 7.75. The number of aryl methyl sites for hydroxylation is 2. The van der Waals surface area contributed by atoms with E-state index in [4.69, 9.17) is 4.74 Å². The minimum Gasteiger partial charge on any atom is -0.378 e. The van der Waals surface area contributed by atoms with Gasteiger partial charge in [0.25, 0.3) is 5.91 Å². The van der Waals surface area contributed by atoms with E-state index in [0.717, 1.165) is 46.7 Å². The molecule has 1 fully saturated rings. The summed E-state index contributed by atoms with van der Waals surface area (Å²) in [5.74, 6) is -0.337. The Morgan fingerprint density at radius 3 is 2.67 bits per heavy atom. The van der Waals surface area contributed by atoms with Gasteiger partial charge in [-0.05, 0) is 55.7 Å². The first-order valence-corrected chi connectivity index (χ1v) is 12.4. The van der Waals surface area contributed by atoms with Crippen molar-refractivity contribution in [1.82, 2.24) is 14.4 Å². The Morgan fingerprint density at radius 1 is 1.14 bits per heavy atom. The first-order chi connectivity index (χ1) is 17.2. The molecule has 0 bridgehead atoms. The first kappa shape index (κ1) is 24.3. The van der Waals surface area contributed by atoms with Crippen LogP contribution in [0.15, 0.2) is 55.2 Å². The lowest BCUT2D eigenvalue weighted by molar-refractivity contribution is 0.102. The number of imidazole rings is 1. The molecule has 5 rings (SSSR count). The van der Waals surface area contributed by atoms with E-state index in [-0.39, 0.29) is 5.91 Å². The van der Waals surface area contributed by atoms with Gasteiger partial charge >= 0.3 is 0 Å². The van der Waals surface area contributed by atoms with Gasteiger partial charge in [-0.25, -0.2) is 9.37 Å². The molecule has 1 aliphatic heterocycles. The number of hydrogen-bond donors (Lipinski definition) is 1. The van der Waals surface area contributed by atoms with Gasteiger partial charge in [-0.1, -0.05) is 15.3 Å². The van der Waals surface area contributed by atoms with Crippen LogP contribution in [0, 0.1) is 13.8 Å². The Hall–Kier alpha value is -3.35. The molecule has 1 aliphatic rings. The monoisotopic (exact) mass is 505 g/mol. The molecule has 0 saturated carbocycles. The van der Waals surface area contributed by atoms with Crippen molar-refractivity contribution in [1.29, 1.82) is 0 Å². The van der Waals surface area contributed by atoms with Crippen molar-refractivity contribution in [2.75, 3.05) is 36.5 Å². The zero-order valence-electron chi connectivity index (χ0n) is 20.6. The van der Waals surface area contributed by atoms with Gasteiger partial charge in [0, 0.05) is 60.9 Å². The number of hydrogen-bond acceptors (Lipinski definition) is 5. The molecule has 0 aliphatic carbocycles. The highest BCUT2D eigenvalue weighted by molar-refractivity contribution is 7.18. The molecule has 9 heteroatoms. The summed E-state index contributed by atoms with van der Waals surface area (Å²) in [6.07, 6.45) is 8.68. The number of halogens is 1. The van der Waals surface area contributed by atoms with Crippen molar-refractivity contribution in [3.8, 4) is 11.1 Å². The molecule has 4 heterocycles. The summed E-state index contributed by atoms with van der Waals surface area (Å²) < 4.78 is 21.9. The highest BCUT2D eigenvalue weighted by atomic mass is 31.0. The number of ether oxygens (including phenoxy) is 1. The molecule has 2 unspecified atom stereocenters. The average Bonchev–Trinajstić information content (AvgIpc) is 3.34. The van der Waals surface area contributed by atoms with E-state index in [1.54, 1.807) is 6.20 Å². The van der Waals surface area contributed by atoms with Gasteiger partial charge in [0.1, 0.15) is 5.41 Å². The largest absolute Gasteiger partial charge is 0.378 e. The SMILES string of the molecule is Cc1cc(C)c(-c2cc(N3CCOCC3)c3nccn3c2)cc1NC(=O)c1cncc(C(C)(F)P)c1. The Kier molecular flexibility index (Phi) is 6.49. The van der Waals surface area contributed by atoms with Crippen molar-refractivity contribution >= 4 is 32.2 Å². The lowest BCUT2D eigenvalue weighted by atomic mass is 9.97. The molecule has 2 atom stereocenters. The highest BCUT2D eigenvalue weighted by Crippen LogP contribution is 2.35. The number of amides is 1. The Balaban J connectivity index is 1.51. The van der Waals surface area contributed by atoms with E-state index in [0.29, 0.717) is 30.0 Å². The lowest BCUT2D eigenvalue weighted by Crippen LogP contribution is -2.36. The second-order valence-electron chi connectivity index (χ2n) is 9.35. The van der Waals surface area contributed by atoms with Crippen LogP contribution < -0.4 is 10.2 Å². The van der Waals surface area contributed by atoms with E-state index in [1.807, 2.05) is 23.6 Å². The third kappa shape index (κ3) is 4.84. The van der Waals surface area contributed by atoms with Gasteiger partial charge in [0.15, 0.2) is 5.65 Å². The summed E-state index contributed by atoms with van der Waals surface area (Å²) in [6.45, 7) is 8.42. The molecule has 3 aromatic heterocycles. The van der Waals surface area contributed by atoms with Crippen molar-refractivity contribution < 1.29 is 13.9 Å². The fourth-order valence-electron chi connectivity index (χ4n) is 4.52. The first-order valence-electron chi connectivity index (χ1n) is 11.9. The smallest absolute Gasteiger partial charge is 0.257 e. The molecular formula is C27H29FN5O2P. The molecule has 0 radical (unpaired) electrons. The van der Waals surface area contributed by atoms with Crippen LogP contribution in [-0.2, 0) is 10.1 Å². The van der Waals surface area contributed by atoms with E-state index in [9.17, 15) is 9.18 Å². The number of aromatic nitrogens is 3. The van der Waals surface area contributed by atoms with Gasteiger partial charge in [-0.15, -0.1) is 0 Å². The number of benzene rings is 1. The topological polar surface area (TPSA) is 71.8 Å². The third-order valence-corrected chi connectivity index (χ3v) is 6.85. The predicted octanol–water partition coefficient (Wildman–Crippen LogP) is 5.12. The molecule has 1 saturated heterocycles. The number of morpholine rings is 1. The van der Waals surface area contributed by atoms with E-state index in [1.165, 1.54) is 25.4 Å². The maximum absolute atomic E-state index is 14.4. The number of pyridine rings is 2. The summed E-state index contributed by atoms with van der Waals surface area (Å²) in [7, 11) is 2.13. The number of rotatable bonds is 5. The van der Waals surface area contributed by atoms with Gasteiger partial charge < -0.3 is 19.4 Å². The van der Waals surface area contributed by atoms with Crippen LogP contribution in [0.3, 0.4) is 0 Å². The van der Waals surface area contributed by atoms with Crippen LogP contribution in [0.25, 0.3) is 16.8 Å². The fraction of sp³-hybridized carbons (Fsp3) is 0.296. The average molecular weight is 506 g/mol. The van der Waals surface area contributed by atoms with E-state index >= 15 is 0 Å².